The lowest BCUT2D eigenvalue weighted by molar-refractivity contribution is -0.132. The number of rotatable bonds is 4. The average Bonchev–Trinajstić information content (AvgIpc) is 2.38. The van der Waals surface area contributed by atoms with E-state index in [0.29, 0.717) is 11.4 Å². The Morgan fingerprint density at radius 2 is 2.05 bits per heavy atom. The minimum Gasteiger partial charge on any atom is -0.399 e. The molecule has 0 spiro atoms. The molecule has 0 aliphatic carbocycles. The van der Waals surface area contributed by atoms with Crippen LogP contribution >= 0.6 is 0 Å². The van der Waals surface area contributed by atoms with E-state index in [9.17, 15) is 18.0 Å². The van der Waals surface area contributed by atoms with Crippen LogP contribution in [0.4, 0.5) is 11.4 Å². The first-order chi connectivity index (χ1) is 9.66. The summed E-state index contributed by atoms with van der Waals surface area (Å²) in [5, 5.41) is 2.60. The van der Waals surface area contributed by atoms with Crippen LogP contribution in [0.3, 0.4) is 0 Å². The summed E-state index contributed by atoms with van der Waals surface area (Å²) in [6, 6.07) is 6.63. The highest BCUT2D eigenvalue weighted by Gasteiger charge is 2.59. The summed E-state index contributed by atoms with van der Waals surface area (Å²) in [6.07, 6.45) is -0.101. The summed E-state index contributed by atoms with van der Waals surface area (Å²) in [4.78, 5) is 23.5. The molecule has 1 fully saturated rings. The summed E-state index contributed by atoms with van der Waals surface area (Å²) in [7, 11) is -3.64. The number of hydrogen-bond donors (Lipinski definition) is 2. The minimum absolute atomic E-state index is 0.101. The van der Waals surface area contributed by atoms with Crippen molar-refractivity contribution in [1.29, 1.82) is 0 Å². The number of anilines is 2. The maximum absolute atomic E-state index is 11.9. The highest BCUT2D eigenvalue weighted by Crippen LogP contribution is 2.34. The zero-order chi connectivity index (χ0) is 15.8. The molecule has 0 unspecified atom stereocenters. The van der Waals surface area contributed by atoms with Crippen LogP contribution in [0, 0.1) is 0 Å². The van der Waals surface area contributed by atoms with Crippen molar-refractivity contribution in [2.75, 3.05) is 17.6 Å². The van der Waals surface area contributed by atoms with Crippen LogP contribution in [0.5, 0.6) is 0 Å². The van der Waals surface area contributed by atoms with Crippen LogP contribution < -0.4 is 11.1 Å². The molecule has 1 heterocycles. The molecule has 0 radical (unpaired) electrons. The number of carbonyl (C=O) groups excluding carboxylic acids is 2. The van der Waals surface area contributed by atoms with Crippen molar-refractivity contribution >= 4 is 33.2 Å². The van der Waals surface area contributed by atoms with Gasteiger partial charge in [-0.15, -0.1) is 0 Å². The molecule has 2 rings (SSSR count). The second-order valence-electron chi connectivity index (χ2n) is 5.32. The van der Waals surface area contributed by atoms with Crippen molar-refractivity contribution in [1.82, 2.24) is 4.31 Å². The van der Waals surface area contributed by atoms with Crippen LogP contribution in [0.2, 0.25) is 0 Å². The molecule has 114 valence electrons. The summed E-state index contributed by atoms with van der Waals surface area (Å²) in [5.74, 6) is -0.868. The fraction of sp³-hybridized carbons (Fsp3) is 0.385. The molecule has 0 saturated carbocycles. The van der Waals surface area contributed by atoms with Gasteiger partial charge in [0, 0.05) is 24.3 Å². The van der Waals surface area contributed by atoms with Gasteiger partial charge in [-0.25, -0.2) is 12.7 Å². The summed E-state index contributed by atoms with van der Waals surface area (Å²) >= 11 is 0. The van der Waals surface area contributed by atoms with Gasteiger partial charge in [0.1, 0.15) is 0 Å². The Hall–Kier alpha value is -2.09. The van der Waals surface area contributed by atoms with Crippen molar-refractivity contribution in [3.05, 3.63) is 24.3 Å². The maximum atomic E-state index is 11.9. The molecule has 2 amide bonds. The first-order valence-electron chi connectivity index (χ1n) is 6.38. The largest absolute Gasteiger partial charge is 0.399 e. The first-order valence-corrected chi connectivity index (χ1v) is 7.82. The van der Waals surface area contributed by atoms with Gasteiger partial charge in [0.15, 0.2) is 4.75 Å². The van der Waals surface area contributed by atoms with E-state index < -0.39 is 20.7 Å². The molecule has 1 saturated heterocycles. The normalized spacial score (nSPS) is 19.0. The van der Waals surface area contributed by atoms with Crippen molar-refractivity contribution < 1.29 is 18.0 Å². The highest BCUT2D eigenvalue weighted by atomic mass is 32.2. The number of carbonyl (C=O) groups is 2. The van der Waals surface area contributed by atoms with E-state index in [1.165, 1.54) is 13.8 Å². The molecule has 3 N–H and O–H groups in total. The van der Waals surface area contributed by atoms with E-state index in [4.69, 9.17) is 5.73 Å². The quantitative estimate of drug-likeness (QED) is 0.789. The smallest absolute Gasteiger partial charge is 0.258 e. The lowest BCUT2D eigenvalue weighted by Gasteiger charge is -2.42. The number of sulfonamides is 1. The predicted molar refractivity (Wildman–Crippen MR) is 78.8 cm³/mol. The third-order valence-electron chi connectivity index (χ3n) is 3.39. The molecule has 0 aromatic heterocycles. The third-order valence-corrected chi connectivity index (χ3v) is 5.78. The molecular formula is C13H17N3O4S. The van der Waals surface area contributed by atoms with Crippen LogP contribution in [0.25, 0.3) is 0 Å². The Bertz CT molecular complexity index is 697. The molecule has 21 heavy (non-hydrogen) atoms. The zero-order valence-corrected chi connectivity index (χ0v) is 12.6. The highest BCUT2D eigenvalue weighted by molar-refractivity contribution is 7.94. The van der Waals surface area contributed by atoms with E-state index in [1.54, 1.807) is 24.3 Å². The standard InChI is InChI=1S/C13H17N3O4S/c1-13(2)12(18)16(21(13,19)20)7-6-11(17)15-10-5-3-4-9(14)8-10/h3-5,8H,6-7,14H2,1-2H3,(H,15,17). The lowest BCUT2D eigenvalue weighted by atomic mass is 10.2. The number of nitrogen functional groups attached to an aromatic ring is 1. The Kier molecular flexibility index (Phi) is 3.66. The number of nitrogens with two attached hydrogens (primary N) is 1. The van der Waals surface area contributed by atoms with Gasteiger partial charge in [-0.05, 0) is 32.0 Å². The molecule has 1 aromatic carbocycles. The van der Waals surface area contributed by atoms with E-state index in [2.05, 4.69) is 5.32 Å². The van der Waals surface area contributed by atoms with Gasteiger partial charge in [-0.1, -0.05) is 6.07 Å². The zero-order valence-electron chi connectivity index (χ0n) is 11.8. The molecule has 8 heteroatoms. The van der Waals surface area contributed by atoms with E-state index in [0.717, 1.165) is 4.31 Å². The minimum atomic E-state index is -3.64. The lowest BCUT2D eigenvalue weighted by Crippen LogP contribution is -2.67. The van der Waals surface area contributed by atoms with E-state index >= 15 is 0 Å². The summed E-state index contributed by atoms with van der Waals surface area (Å²) in [5.41, 5.74) is 6.62. The van der Waals surface area contributed by atoms with Gasteiger partial charge >= 0.3 is 0 Å². The van der Waals surface area contributed by atoms with Crippen LogP contribution in [0.15, 0.2) is 24.3 Å². The number of amides is 2. The maximum Gasteiger partial charge on any atom is 0.258 e. The van der Waals surface area contributed by atoms with Crippen molar-refractivity contribution in [3.8, 4) is 0 Å². The van der Waals surface area contributed by atoms with Crippen LogP contribution in [-0.2, 0) is 19.6 Å². The molecule has 7 nitrogen and oxygen atoms in total. The third kappa shape index (κ3) is 2.58. The molecule has 1 aromatic rings. The van der Waals surface area contributed by atoms with E-state index in [-0.39, 0.29) is 18.9 Å². The predicted octanol–water partition coefficient (Wildman–Crippen LogP) is 0.548. The fourth-order valence-corrected chi connectivity index (χ4v) is 3.55. The first kappa shape index (κ1) is 15.3. The average molecular weight is 311 g/mol. The molecule has 1 aliphatic heterocycles. The second kappa shape index (κ2) is 5.03. The number of hydrogen-bond acceptors (Lipinski definition) is 5. The Morgan fingerprint density at radius 1 is 1.38 bits per heavy atom. The molecule has 1 aliphatic rings. The van der Waals surface area contributed by atoms with Gasteiger partial charge in [0.05, 0.1) is 0 Å². The monoisotopic (exact) mass is 311 g/mol. The van der Waals surface area contributed by atoms with Crippen molar-refractivity contribution in [2.45, 2.75) is 25.0 Å². The van der Waals surface area contributed by atoms with E-state index in [1.807, 2.05) is 0 Å². The Balaban J connectivity index is 1.93. The topological polar surface area (TPSA) is 110 Å². The van der Waals surface area contributed by atoms with Crippen LogP contribution in [-0.4, -0.2) is 35.8 Å². The van der Waals surface area contributed by atoms with Crippen molar-refractivity contribution in [3.63, 3.8) is 0 Å². The fourth-order valence-electron chi connectivity index (χ4n) is 2.02. The van der Waals surface area contributed by atoms with Gasteiger partial charge in [0.25, 0.3) is 15.9 Å². The molecule has 0 atom stereocenters. The number of benzene rings is 1. The summed E-state index contributed by atoms with van der Waals surface area (Å²) < 4.78 is 23.1. The SMILES string of the molecule is CC1(C)C(=O)N(CCC(=O)Nc2cccc(N)c2)S1(=O)=O. The second-order valence-corrected chi connectivity index (χ2v) is 7.73. The van der Waals surface area contributed by atoms with Crippen LogP contribution in [0.1, 0.15) is 20.3 Å². The Morgan fingerprint density at radius 3 is 2.62 bits per heavy atom. The molecule has 0 bridgehead atoms. The van der Waals surface area contributed by atoms with Crippen molar-refractivity contribution in [2.24, 2.45) is 0 Å². The Labute approximate surface area is 123 Å². The molecular weight excluding hydrogens is 294 g/mol. The van der Waals surface area contributed by atoms with Gasteiger partial charge < -0.3 is 11.1 Å². The number of nitrogens with one attached hydrogen (secondary N) is 1. The van der Waals surface area contributed by atoms with Gasteiger partial charge in [0.2, 0.25) is 5.91 Å². The van der Waals surface area contributed by atoms with Gasteiger partial charge in [-0.2, -0.15) is 0 Å². The number of nitrogens with zero attached hydrogens (tertiary/aromatic N) is 1. The van der Waals surface area contributed by atoms with Gasteiger partial charge in [-0.3, -0.25) is 9.59 Å². The summed E-state index contributed by atoms with van der Waals surface area (Å²) in [6.45, 7) is 2.56.